The summed E-state index contributed by atoms with van der Waals surface area (Å²) < 4.78 is 14.9. The van der Waals surface area contributed by atoms with Crippen LogP contribution in [0.5, 0.6) is 0 Å². The Kier molecular flexibility index (Phi) is 5.56. The zero-order valence-corrected chi connectivity index (χ0v) is 16.6. The molecular weight excluding hydrogens is 385 g/mol. The fourth-order valence-corrected chi connectivity index (χ4v) is 3.60. The Morgan fingerprint density at radius 2 is 1.93 bits per heavy atom. The minimum absolute atomic E-state index is 0.0158. The van der Waals surface area contributed by atoms with Crippen LogP contribution >= 0.6 is 0 Å². The maximum absolute atomic E-state index is 13.3. The number of carbonyl (C=O) groups excluding carboxylic acids is 2. The molecule has 8 heteroatoms. The van der Waals surface area contributed by atoms with Gasteiger partial charge < -0.3 is 10.2 Å². The van der Waals surface area contributed by atoms with Crippen molar-refractivity contribution in [2.75, 3.05) is 0 Å². The lowest BCUT2D eigenvalue weighted by Crippen LogP contribution is -2.41. The van der Waals surface area contributed by atoms with Crippen molar-refractivity contribution in [3.63, 3.8) is 0 Å². The molecule has 1 atom stereocenters. The second-order valence-corrected chi connectivity index (χ2v) is 7.37. The van der Waals surface area contributed by atoms with Crippen molar-refractivity contribution in [2.24, 2.45) is 0 Å². The number of amides is 2. The fourth-order valence-electron chi connectivity index (χ4n) is 3.60. The van der Waals surface area contributed by atoms with Gasteiger partial charge in [0.1, 0.15) is 17.6 Å². The van der Waals surface area contributed by atoms with Gasteiger partial charge in [0.15, 0.2) is 0 Å². The summed E-state index contributed by atoms with van der Waals surface area (Å²) in [6, 6.07) is 15.3. The minimum atomic E-state index is -0.457. The molecule has 0 bridgehead atoms. The molecule has 7 nitrogen and oxygen atoms in total. The Balaban J connectivity index is 1.44. The first kappa shape index (κ1) is 19.8. The molecule has 1 aliphatic heterocycles. The molecule has 154 valence electrons. The maximum atomic E-state index is 13.3. The Morgan fingerprint density at radius 1 is 1.17 bits per heavy atom. The molecule has 0 spiro atoms. The Morgan fingerprint density at radius 3 is 2.70 bits per heavy atom. The summed E-state index contributed by atoms with van der Waals surface area (Å²) in [4.78, 5) is 26.8. The van der Waals surface area contributed by atoms with Gasteiger partial charge in [0.25, 0.3) is 0 Å². The van der Waals surface area contributed by atoms with Crippen LogP contribution in [0.1, 0.15) is 35.5 Å². The standard InChI is InChI=1S/C22H22FN5O2/c1-15-22(30)27(13-16-6-3-2-4-7-16)14-20-19(25-26-28(15)20)12-24-21(29)11-17-8-5-9-18(23)10-17/h2-10,15H,11-14H2,1H3,(H,24,29). The van der Waals surface area contributed by atoms with Crippen LogP contribution in [-0.2, 0) is 35.6 Å². The topological polar surface area (TPSA) is 80.1 Å². The number of fused-ring (bicyclic) bond motifs is 1. The quantitative estimate of drug-likeness (QED) is 0.680. The van der Waals surface area contributed by atoms with E-state index in [1.807, 2.05) is 30.3 Å². The monoisotopic (exact) mass is 407 g/mol. The van der Waals surface area contributed by atoms with Crippen molar-refractivity contribution in [3.05, 3.63) is 82.9 Å². The van der Waals surface area contributed by atoms with Crippen LogP contribution < -0.4 is 5.32 Å². The molecular formula is C22H22FN5O2. The van der Waals surface area contributed by atoms with Crippen molar-refractivity contribution in [1.82, 2.24) is 25.2 Å². The van der Waals surface area contributed by atoms with Gasteiger partial charge in [-0.15, -0.1) is 5.10 Å². The van der Waals surface area contributed by atoms with Crippen LogP contribution in [-0.4, -0.2) is 31.7 Å². The second-order valence-electron chi connectivity index (χ2n) is 7.37. The molecule has 1 aliphatic rings. The van der Waals surface area contributed by atoms with Crippen LogP contribution in [0.2, 0.25) is 0 Å². The zero-order valence-electron chi connectivity index (χ0n) is 16.6. The van der Waals surface area contributed by atoms with E-state index in [1.165, 1.54) is 12.1 Å². The molecule has 3 aromatic rings. The minimum Gasteiger partial charge on any atom is -0.350 e. The average molecular weight is 407 g/mol. The normalized spacial score (nSPS) is 15.7. The predicted octanol–water partition coefficient (Wildman–Crippen LogP) is 2.38. The number of hydrogen-bond acceptors (Lipinski definition) is 4. The molecule has 2 heterocycles. The Labute approximate surface area is 173 Å². The molecule has 30 heavy (non-hydrogen) atoms. The van der Waals surface area contributed by atoms with Crippen molar-refractivity contribution < 1.29 is 14.0 Å². The highest BCUT2D eigenvalue weighted by molar-refractivity contribution is 5.81. The summed E-state index contributed by atoms with van der Waals surface area (Å²) in [7, 11) is 0. The van der Waals surface area contributed by atoms with Crippen molar-refractivity contribution in [1.29, 1.82) is 0 Å². The van der Waals surface area contributed by atoms with Gasteiger partial charge in [0.2, 0.25) is 11.8 Å². The van der Waals surface area contributed by atoms with E-state index in [-0.39, 0.29) is 30.6 Å². The number of rotatable bonds is 6. The number of hydrogen-bond donors (Lipinski definition) is 1. The lowest BCUT2D eigenvalue weighted by Gasteiger charge is -2.31. The molecule has 4 rings (SSSR count). The molecule has 1 aromatic heterocycles. The molecule has 0 fully saturated rings. The van der Waals surface area contributed by atoms with E-state index in [9.17, 15) is 14.0 Å². The van der Waals surface area contributed by atoms with Gasteiger partial charge in [-0.1, -0.05) is 47.7 Å². The first-order valence-electron chi connectivity index (χ1n) is 9.78. The SMILES string of the molecule is CC1C(=O)N(Cc2ccccc2)Cc2c(CNC(=O)Cc3cccc(F)c3)nnn21. The third kappa shape index (κ3) is 4.22. The van der Waals surface area contributed by atoms with Gasteiger partial charge in [-0.25, -0.2) is 9.07 Å². The number of nitrogens with one attached hydrogen (secondary N) is 1. The van der Waals surface area contributed by atoms with Crippen LogP contribution in [0.3, 0.4) is 0 Å². The molecule has 0 saturated heterocycles. The van der Waals surface area contributed by atoms with E-state index < -0.39 is 6.04 Å². The van der Waals surface area contributed by atoms with E-state index in [4.69, 9.17) is 0 Å². The highest BCUT2D eigenvalue weighted by atomic mass is 19.1. The first-order chi connectivity index (χ1) is 14.5. The van der Waals surface area contributed by atoms with Crippen molar-refractivity contribution >= 4 is 11.8 Å². The van der Waals surface area contributed by atoms with Gasteiger partial charge in [-0.2, -0.15) is 0 Å². The molecule has 1 unspecified atom stereocenters. The summed E-state index contributed by atoms with van der Waals surface area (Å²) >= 11 is 0. The van der Waals surface area contributed by atoms with E-state index >= 15 is 0 Å². The van der Waals surface area contributed by atoms with Gasteiger partial charge in [-0.3, -0.25) is 9.59 Å². The van der Waals surface area contributed by atoms with Gasteiger partial charge in [0, 0.05) is 6.54 Å². The van der Waals surface area contributed by atoms with Crippen LogP contribution in [0.15, 0.2) is 54.6 Å². The number of halogens is 1. The lowest BCUT2D eigenvalue weighted by molar-refractivity contribution is -0.138. The number of carbonyl (C=O) groups is 2. The largest absolute Gasteiger partial charge is 0.350 e. The lowest BCUT2D eigenvalue weighted by atomic mass is 10.1. The van der Waals surface area contributed by atoms with E-state index in [2.05, 4.69) is 15.6 Å². The van der Waals surface area contributed by atoms with Crippen molar-refractivity contribution in [2.45, 2.75) is 39.0 Å². The number of benzene rings is 2. The Bertz CT molecular complexity index is 1070. The fraction of sp³-hybridized carbons (Fsp3) is 0.273. The molecule has 0 aliphatic carbocycles. The van der Waals surface area contributed by atoms with E-state index in [0.717, 1.165) is 11.3 Å². The summed E-state index contributed by atoms with van der Waals surface area (Å²) in [6.45, 7) is 2.87. The first-order valence-corrected chi connectivity index (χ1v) is 9.78. The number of nitrogens with zero attached hydrogens (tertiary/aromatic N) is 4. The summed E-state index contributed by atoms with van der Waals surface area (Å²) in [5, 5.41) is 11.1. The summed E-state index contributed by atoms with van der Waals surface area (Å²) in [6.07, 6.45) is 0.0796. The van der Waals surface area contributed by atoms with Crippen LogP contribution in [0.25, 0.3) is 0 Å². The second kappa shape index (κ2) is 8.44. The third-order valence-electron chi connectivity index (χ3n) is 5.17. The molecule has 2 aromatic carbocycles. The van der Waals surface area contributed by atoms with Crippen molar-refractivity contribution in [3.8, 4) is 0 Å². The van der Waals surface area contributed by atoms with E-state index in [0.29, 0.717) is 24.3 Å². The molecule has 1 N–H and O–H groups in total. The van der Waals surface area contributed by atoms with Crippen LogP contribution in [0, 0.1) is 5.82 Å². The van der Waals surface area contributed by atoms with E-state index in [1.54, 1.807) is 28.6 Å². The molecule has 2 amide bonds. The average Bonchev–Trinajstić information content (AvgIpc) is 3.14. The number of aromatic nitrogens is 3. The highest BCUT2D eigenvalue weighted by Crippen LogP contribution is 2.24. The smallest absolute Gasteiger partial charge is 0.247 e. The van der Waals surface area contributed by atoms with Gasteiger partial charge in [-0.05, 0) is 30.2 Å². The van der Waals surface area contributed by atoms with Gasteiger partial charge in [0.05, 0.1) is 25.2 Å². The van der Waals surface area contributed by atoms with Crippen LogP contribution in [0.4, 0.5) is 4.39 Å². The molecule has 0 radical (unpaired) electrons. The molecule has 0 saturated carbocycles. The summed E-state index contributed by atoms with van der Waals surface area (Å²) in [5.41, 5.74) is 3.08. The maximum Gasteiger partial charge on any atom is 0.247 e. The van der Waals surface area contributed by atoms with Gasteiger partial charge >= 0.3 is 0 Å². The zero-order chi connectivity index (χ0) is 21.1. The predicted molar refractivity (Wildman–Crippen MR) is 107 cm³/mol. The third-order valence-corrected chi connectivity index (χ3v) is 5.17. The Hall–Kier alpha value is -3.55. The highest BCUT2D eigenvalue weighted by Gasteiger charge is 2.33. The summed E-state index contributed by atoms with van der Waals surface area (Å²) in [5.74, 6) is -0.619.